The van der Waals surface area contributed by atoms with E-state index in [-0.39, 0.29) is 5.91 Å². The molecule has 0 aromatic rings. The molecular formula is C9H17N3O. The summed E-state index contributed by atoms with van der Waals surface area (Å²) in [6, 6.07) is 0.977. The molecule has 74 valence electrons. The summed E-state index contributed by atoms with van der Waals surface area (Å²) in [6.07, 6.45) is 3.20. The van der Waals surface area contributed by atoms with Gasteiger partial charge < -0.3 is 16.0 Å². The molecule has 2 unspecified atom stereocenters. The van der Waals surface area contributed by atoms with Gasteiger partial charge in [-0.3, -0.25) is 4.79 Å². The van der Waals surface area contributed by atoms with Crippen LogP contribution in [-0.2, 0) is 4.79 Å². The van der Waals surface area contributed by atoms with E-state index in [4.69, 9.17) is 0 Å². The fourth-order valence-electron chi connectivity index (χ4n) is 1.99. The Balaban J connectivity index is 1.64. The minimum atomic E-state index is 0.178. The van der Waals surface area contributed by atoms with Crippen molar-refractivity contribution in [1.82, 2.24) is 16.0 Å². The van der Waals surface area contributed by atoms with Gasteiger partial charge in [-0.1, -0.05) is 0 Å². The van der Waals surface area contributed by atoms with Crippen molar-refractivity contribution in [2.45, 2.75) is 31.3 Å². The highest BCUT2D eigenvalue weighted by atomic mass is 16.1. The van der Waals surface area contributed by atoms with E-state index in [1.54, 1.807) is 0 Å². The minimum absolute atomic E-state index is 0.178. The Hall–Kier alpha value is -0.610. The molecule has 2 saturated heterocycles. The highest BCUT2D eigenvalue weighted by molar-refractivity contribution is 5.78. The Morgan fingerprint density at radius 2 is 2.46 bits per heavy atom. The van der Waals surface area contributed by atoms with Crippen LogP contribution in [0.1, 0.15) is 19.3 Å². The van der Waals surface area contributed by atoms with Gasteiger partial charge in [-0.25, -0.2) is 0 Å². The van der Waals surface area contributed by atoms with E-state index in [9.17, 15) is 4.79 Å². The highest BCUT2D eigenvalue weighted by Gasteiger charge is 2.22. The van der Waals surface area contributed by atoms with Gasteiger partial charge in [0.05, 0.1) is 0 Å². The van der Waals surface area contributed by atoms with E-state index >= 15 is 0 Å². The topological polar surface area (TPSA) is 53.2 Å². The lowest BCUT2D eigenvalue weighted by molar-refractivity contribution is -0.119. The van der Waals surface area contributed by atoms with Crippen molar-refractivity contribution in [2.75, 3.05) is 19.6 Å². The molecule has 3 N–H and O–H groups in total. The van der Waals surface area contributed by atoms with E-state index in [0.717, 1.165) is 19.6 Å². The van der Waals surface area contributed by atoms with E-state index in [2.05, 4.69) is 16.0 Å². The molecule has 0 aliphatic carbocycles. The van der Waals surface area contributed by atoms with Crippen molar-refractivity contribution < 1.29 is 4.79 Å². The van der Waals surface area contributed by atoms with Gasteiger partial charge in [0.25, 0.3) is 0 Å². The summed E-state index contributed by atoms with van der Waals surface area (Å²) in [5, 5.41) is 9.66. The van der Waals surface area contributed by atoms with Crippen LogP contribution in [0.15, 0.2) is 0 Å². The van der Waals surface area contributed by atoms with Crippen molar-refractivity contribution in [3.63, 3.8) is 0 Å². The molecule has 13 heavy (non-hydrogen) atoms. The fraction of sp³-hybridized carbons (Fsp3) is 0.889. The monoisotopic (exact) mass is 183 g/mol. The Bertz CT molecular complexity index is 189. The number of amides is 1. The van der Waals surface area contributed by atoms with Gasteiger partial charge in [0.15, 0.2) is 0 Å². The molecule has 0 radical (unpaired) electrons. The molecule has 4 nitrogen and oxygen atoms in total. The maximum absolute atomic E-state index is 10.9. The summed E-state index contributed by atoms with van der Waals surface area (Å²) in [6.45, 7) is 2.94. The van der Waals surface area contributed by atoms with E-state index in [0.29, 0.717) is 18.5 Å². The first-order valence-corrected chi connectivity index (χ1v) is 5.08. The van der Waals surface area contributed by atoms with Crippen LogP contribution in [-0.4, -0.2) is 37.6 Å². The van der Waals surface area contributed by atoms with E-state index in [1.807, 2.05) is 0 Å². The predicted molar refractivity (Wildman–Crippen MR) is 50.4 cm³/mol. The standard InChI is InChI=1S/C9H17N3O/c13-9-4-8(6-12-9)11-5-7-2-1-3-10-7/h7-8,10-11H,1-6H2,(H,12,13). The second-order valence-corrected chi connectivity index (χ2v) is 3.91. The maximum atomic E-state index is 10.9. The molecule has 0 aromatic heterocycles. The fourth-order valence-corrected chi connectivity index (χ4v) is 1.99. The van der Waals surface area contributed by atoms with Gasteiger partial charge >= 0.3 is 0 Å². The lowest BCUT2D eigenvalue weighted by atomic mass is 10.2. The van der Waals surface area contributed by atoms with Gasteiger partial charge in [-0.15, -0.1) is 0 Å². The molecule has 0 spiro atoms. The van der Waals surface area contributed by atoms with E-state index in [1.165, 1.54) is 12.8 Å². The van der Waals surface area contributed by atoms with Crippen molar-refractivity contribution in [3.8, 4) is 0 Å². The second-order valence-electron chi connectivity index (χ2n) is 3.91. The number of rotatable bonds is 3. The maximum Gasteiger partial charge on any atom is 0.221 e. The second kappa shape index (κ2) is 4.07. The third-order valence-corrected chi connectivity index (χ3v) is 2.79. The normalized spacial score (nSPS) is 33.7. The molecule has 0 bridgehead atoms. The number of carbonyl (C=O) groups excluding carboxylic acids is 1. The summed E-state index contributed by atoms with van der Waals surface area (Å²) in [7, 11) is 0. The van der Waals surface area contributed by atoms with Crippen molar-refractivity contribution in [2.24, 2.45) is 0 Å². The average Bonchev–Trinajstić information content (AvgIpc) is 2.71. The largest absolute Gasteiger partial charge is 0.354 e. The minimum Gasteiger partial charge on any atom is -0.354 e. The number of nitrogens with one attached hydrogen (secondary N) is 3. The molecule has 2 aliphatic heterocycles. The lowest BCUT2D eigenvalue weighted by Crippen LogP contribution is -2.40. The van der Waals surface area contributed by atoms with Crippen LogP contribution in [0.5, 0.6) is 0 Å². The first-order valence-electron chi connectivity index (χ1n) is 5.08. The quantitative estimate of drug-likeness (QED) is 0.538. The van der Waals surface area contributed by atoms with Crippen molar-refractivity contribution >= 4 is 5.91 Å². The lowest BCUT2D eigenvalue weighted by Gasteiger charge is -2.14. The summed E-state index contributed by atoms with van der Waals surface area (Å²) < 4.78 is 0. The Labute approximate surface area is 78.5 Å². The van der Waals surface area contributed by atoms with Crippen molar-refractivity contribution in [1.29, 1.82) is 0 Å². The Kier molecular flexibility index (Phi) is 2.80. The van der Waals surface area contributed by atoms with E-state index < -0.39 is 0 Å². The van der Waals surface area contributed by atoms with Crippen LogP contribution in [0.25, 0.3) is 0 Å². The Morgan fingerprint density at radius 3 is 3.08 bits per heavy atom. The zero-order valence-corrected chi connectivity index (χ0v) is 7.81. The van der Waals surface area contributed by atoms with Crippen LogP contribution in [0.3, 0.4) is 0 Å². The number of hydrogen-bond acceptors (Lipinski definition) is 3. The molecule has 4 heteroatoms. The SMILES string of the molecule is O=C1CC(NCC2CCCN2)CN1. The third-order valence-electron chi connectivity index (χ3n) is 2.79. The van der Waals surface area contributed by atoms with Crippen LogP contribution in [0.2, 0.25) is 0 Å². The van der Waals surface area contributed by atoms with Gasteiger partial charge in [0.1, 0.15) is 0 Å². The zero-order valence-electron chi connectivity index (χ0n) is 7.81. The van der Waals surface area contributed by atoms with Crippen LogP contribution in [0, 0.1) is 0 Å². The smallest absolute Gasteiger partial charge is 0.221 e. The summed E-state index contributed by atoms with van der Waals surface area (Å²) >= 11 is 0. The van der Waals surface area contributed by atoms with Gasteiger partial charge in [-0.05, 0) is 19.4 Å². The molecule has 2 atom stereocenters. The molecule has 0 saturated carbocycles. The number of carbonyl (C=O) groups is 1. The Morgan fingerprint density at radius 1 is 1.54 bits per heavy atom. The molecule has 1 amide bonds. The molecule has 2 fully saturated rings. The summed E-state index contributed by atoms with van der Waals surface area (Å²) in [4.78, 5) is 10.9. The molecule has 2 heterocycles. The van der Waals surface area contributed by atoms with Crippen LogP contribution in [0.4, 0.5) is 0 Å². The van der Waals surface area contributed by atoms with Crippen molar-refractivity contribution in [3.05, 3.63) is 0 Å². The first-order chi connectivity index (χ1) is 6.34. The molecule has 0 aromatic carbocycles. The molecule has 2 aliphatic rings. The third kappa shape index (κ3) is 2.42. The van der Waals surface area contributed by atoms with Gasteiger partial charge in [0, 0.05) is 31.6 Å². The average molecular weight is 183 g/mol. The summed E-state index contributed by atoms with van der Waals surface area (Å²) in [5.41, 5.74) is 0. The predicted octanol–water partition coefficient (Wildman–Crippen LogP) is -0.783. The van der Waals surface area contributed by atoms with Crippen LogP contribution >= 0.6 is 0 Å². The highest BCUT2D eigenvalue weighted by Crippen LogP contribution is 2.05. The zero-order chi connectivity index (χ0) is 9.10. The molecular weight excluding hydrogens is 166 g/mol. The van der Waals surface area contributed by atoms with Gasteiger partial charge in [0.2, 0.25) is 5.91 Å². The summed E-state index contributed by atoms with van der Waals surface area (Å²) in [5.74, 6) is 0.178. The van der Waals surface area contributed by atoms with Crippen LogP contribution < -0.4 is 16.0 Å². The molecule has 2 rings (SSSR count). The number of hydrogen-bond donors (Lipinski definition) is 3. The van der Waals surface area contributed by atoms with Gasteiger partial charge in [-0.2, -0.15) is 0 Å². The first kappa shape index (κ1) is 8.97.